The molecule has 5 rings (SSSR count). The summed E-state index contributed by atoms with van der Waals surface area (Å²) < 4.78 is 7.39. The van der Waals surface area contributed by atoms with Gasteiger partial charge in [0.2, 0.25) is 0 Å². The van der Waals surface area contributed by atoms with Crippen LogP contribution in [0.25, 0.3) is 0 Å². The summed E-state index contributed by atoms with van der Waals surface area (Å²) in [6.07, 6.45) is 13.5. The number of aromatic nitrogens is 2. The Bertz CT molecular complexity index is 811. The van der Waals surface area contributed by atoms with Crippen molar-refractivity contribution >= 4 is 5.96 Å². The maximum atomic E-state index is 5.48. The molecule has 1 aliphatic heterocycles. The van der Waals surface area contributed by atoms with Crippen molar-refractivity contribution in [1.29, 1.82) is 0 Å². The summed E-state index contributed by atoms with van der Waals surface area (Å²) in [6.45, 7) is 2.86. The Morgan fingerprint density at radius 3 is 3.00 bits per heavy atom. The molecule has 2 saturated carbocycles. The van der Waals surface area contributed by atoms with E-state index in [9.17, 15) is 0 Å². The van der Waals surface area contributed by atoms with Crippen molar-refractivity contribution in [2.45, 2.75) is 50.5 Å². The molecule has 3 fully saturated rings. The molecule has 2 bridgehead atoms. The second kappa shape index (κ2) is 7.64. The Hall–Kier alpha value is -2.24. The fourth-order valence-corrected chi connectivity index (χ4v) is 5.43. The molecule has 6 heteroatoms. The van der Waals surface area contributed by atoms with Gasteiger partial charge in [-0.25, -0.2) is 0 Å². The molecular weight excluding hydrogens is 350 g/mol. The molecular formula is C22H31N5O. The molecule has 0 radical (unpaired) electrons. The third-order valence-corrected chi connectivity index (χ3v) is 6.94. The van der Waals surface area contributed by atoms with Gasteiger partial charge in [-0.3, -0.25) is 9.67 Å². The van der Waals surface area contributed by atoms with Gasteiger partial charge in [0.25, 0.3) is 0 Å². The number of aryl methyl sites for hydroxylation is 1. The van der Waals surface area contributed by atoms with Crippen molar-refractivity contribution in [1.82, 2.24) is 20.0 Å². The van der Waals surface area contributed by atoms with Crippen molar-refractivity contribution in [3.05, 3.63) is 42.1 Å². The summed E-state index contributed by atoms with van der Waals surface area (Å²) in [5.41, 5.74) is 1.35. The SMILES string of the molecule is Cn1cc(C2CCN(C(=NCCc3ccco3)NC3CC4CCC3C4)C2)cn1. The first kappa shape index (κ1) is 17.8. The van der Waals surface area contributed by atoms with Gasteiger partial charge >= 0.3 is 0 Å². The zero-order valence-electron chi connectivity index (χ0n) is 16.8. The molecule has 28 heavy (non-hydrogen) atoms. The molecule has 0 spiro atoms. The van der Waals surface area contributed by atoms with E-state index in [4.69, 9.17) is 9.41 Å². The molecule has 2 aliphatic carbocycles. The molecule has 0 aromatic carbocycles. The van der Waals surface area contributed by atoms with E-state index in [1.807, 2.05) is 30.1 Å². The van der Waals surface area contributed by atoms with Gasteiger partial charge in [0, 0.05) is 51.3 Å². The zero-order valence-corrected chi connectivity index (χ0v) is 16.8. The highest BCUT2D eigenvalue weighted by Gasteiger charge is 2.40. The van der Waals surface area contributed by atoms with Crippen LogP contribution in [0.2, 0.25) is 0 Å². The minimum atomic E-state index is 0.547. The van der Waals surface area contributed by atoms with Gasteiger partial charge in [0.15, 0.2) is 5.96 Å². The van der Waals surface area contributed by atoms with Gasteiger partial charge in [0.1, 0.15) is 5.76 Å². The summed E-state index contributed by atoms with van der Waals surface area (Å²) in [6, 6.07) is 4.60. The third kappa shape index (κ3) is 3.69. The molecule has 0 amide bonds. The molecule has 2 aromatic rings. The van der Waals surface area contributed by atoms with E-state index in [1.54, 1.807) is 6.26 Å². The Morgan fingerprint density at radius 2 is 2.29 bits per heavy atom. The number of nitrogens with zero attached hydrogens (tertiary/aromatic N) is 4. The lowest BCUT2D eigenvalue weighted by Crippen LogP contribution is -2.47. The Morgan fingerprint density at radius 1 is 1.32 bits per heavy atom. The molecule has 1 N–H and O–H groups in total. The highest BCUT2D eigenvalue weighted by atomic mass is 16.3. The number of hydrogen-bond donors (Lipinski definition) is 1. The molecule has 3 aliphatic rings. The van der Waals surface area contributed by atoms with Gasteiger partial charge in [-0.2, -0.15) is 5.10 Å². The second-order valence-corrected chi connectivity index (χ2v) is 8.84. The van der Waals surface area contributed by atoms with Gasteiger partial charge in [-0.05, 0) is 55.2 Å². The highest BCUT2D eigenvalue weighted by Crippen LogP contribution is 2.44. The molecule has 1 saturated heterocycles. The van der Waals surface area contributed by atoms with E-state index in [2.05, 4.69) is 21.5 Å². The van der Waals surface area contributed by atoms with Crippen LogP contribution in [0.1, 0.15) is 49.3 Å². The van der Waals surface area contributed by atoms with Crippen LogP contribution in [0.15, 0.2) is 40.2 Å². The molecule has 150 valence electrons. The number of nitrogens with one attached hydrogen (secondary N) is 1. The van der Waals surface area contributed by atoms with E-state index >= 15 is 0 Å². The lowest BCUT2D eigenvalue weighted by molar-refractivity contribution is 0.369. The average Bonchev–Trinajstić information content (AvgIpc) is 3.48. The smallest absolute Gasteiger partial charge is 0.194 e. The van der Waals surface area contributed by atoms with Crippen LogP contribution < -0.4 is 5.32 Å². The van der Waals surface area contributed by atoms with E-state index < -0.39 is 0 Å². The lowest BCUT2D eigenvalue weighted by Gasteiger charge is -2.29. The van der Waals surface area contributed by atoms with Crippen LogP contribution in [-0.2, 0) is 13.5 Å². The molecule has 4 unspecified atom stereocenters. The van der Waals surface area contributed by atoms with Crippen LogP contribution in [0.3, 0.4) is 0 Å². The maximum Gasteiger partial charge on any atom is 0.194 e. The zero-order chi connectivity index (χ0) is 18.9. The Labute approximate surface area is 167 Å². The van der Waals surface area contributed by atoms with Crippen molar-refractivity contribution in [3.63, 3.8) is 0 Å². The Kier molecular flexibility index (Phi) is 4.87. The lowest BCUT2D eigenvalue weighted by atomic mass is 9.95. The predicted octanol–water partition coefficient (Wildman–Crippen LogP) is 3.18. The first-order chi connectivity index (χ1) is 13.7. The number of aliphatic imine (C=N–C) groups is 1. The van der Waals surface area contributed by atoms with E-state index in [-0.39, 0.29) is 0 Å². The number of likely N-dealkylation sites (tertiary alicyclic amines) is 1. The highest BCUT2D eigenvalue weighted by molar-refractivity contribution is 5.81. The van der Waals surface area contributed by atoms with Gasteiger partial charge in [0.05, 0.1) is 12.5 Å². The minimum absolute atomic E-state index is 0.547. The second-order valence-electron chi connectivity index (χ2n) is 8.84. The fourth-order valence-electron chi connectivity index (χ4n) is 5.43. The summed E-state index contributed by atoms with van der Waals surface area (Å²) >= 11 is 0. The predicted molar refractivity (Wildman–Crippen MR) is 109 cm³/mol. The van der Waals surface area contributed by atoms with Crippen LogP contribution >= 0.6 is 0 Å². The molecule has 2 aromatic heterocycles. The fraction of sp³-hybridized carbons (Fsp3) is 0.636. The molecule has 6 nitrogen and oxygen atoms in total. The standard InChI is InChI=1S/C22H31N5O/c1-26-14-19(13-24-26)18-7-9-27(15-18)22(23-8-6-20-3-2-10-28-20)25-21-12-16-4-5-17(21)11-16/h2-3,10,13-14,16-18,21H,4-9,11-12,15H2,1H3,(H,23,25). The van der Waals surface area contributed by atoms with E-state index in [0.717, 1.165) is 49.6 Å². The number of hydrogen-bond acceptors (Lipinski definition) is 3. The monoisotopic (exact) mass is 381 g/mol. The minimum Gasteiger partial charge on any atom is -0.469 e. The average molecular weight is 382 g/mol. The number of rotatable bonds is 5. The third-order valence-electron chi connectivity index (χ3n) is 6.94. The van der Waals surface area contributed by atoms with Crippen LogP contribution in [-0.4, -0.2) is 46.3 Å². The van der Waals surface area contributed by atoms with E-state index in [0.29, 0.717) is 12.0 Å². The number of guanidine groups is 1. The topological polar surface area (TPSA) is 58.6 Å². The van der Waals surface area contributed by atoms with Crippen molar-refractivity contribution < 1.29 is 4.42 Å². The van der Waals surface area contributed by atoms with Crippen molar-refractivity contribution in [2.24, 2.45) is 23.9 Å². The maximum absolute atomic E-state index is 5.48. The van der Waals surface area contributed by atoms with Crippen LogP contribution in [0.5, 0.6) is 0 Å². The van der Waals surface area contributed by atoms with Crippen LogP contribution in [0.4, 0.5) is 0 Å². The first-order valence-corrected chi connectivity index (χ1v) is 10.8. The van der Waals surface area contributed by atoms with Gasteiger partial charge in [-0.1, -0.05) is 6.42 Å². The summed E-state index contributed by atoms with van der Waals surface area (Å²) in [7, 11) is 1.99. The van der Waals surface area contributed by atoms with Gasteiger partial charge < -0.3 is 14.6 Å². The van der Waals surface area contributed by atoms with Gasteiger partial charge in [-0.15, -0.1) is 0 Å². The summed E-state index contributed by atoms with van der Waals surface area (Å²) in [5, 5.41) is 8.23. The Balaban J connectivity index is 1.27. The first-order valence-electron chi connectivity index (χ1n) is 10.8. The molecule has 4 atom stereocenters. The quantitative estimate of drug-likeness (QED) is 0.638. The van der Waals surface area contributed by atoms with Crippen molar-refractivity contribution in [3.8, 4) is 0 Å². The molecule has 3 heterocycles. The number of furan rings is 1. The van der Waals surface area contributed by atoms with Crippen LogP contribution in [0, 0.1) is 11.8 Å². The number of fused-ring (bicyclic) bond motifs is 2. The van der Waals surface area contributed by atoms with E-state index in [1.165, 1.54) is 37.7 Å². The largest absolute Gasteiger partial charge is 0.469 e. The summed E-state index contributed by atoms with van der Waals surface area (Å²) in [4.78, 5) is 7.48. The normalized spacial score (nSPS) is 29.8. The van der Waals surface area contributed by atoms with Crippen molar-refractivity contribution in [2.75, 3.05) is 19.6 Å². The summed E-state index contributed by atoms with van der Waals surface area (Å²) in [5.74, 6) is 4.45.